The Morgan fingerprint density at radius 1 is 1.50 bits per heavy atom. The summed E-state index contributed by atoms with van der Waals surface area (Å²) in [5, 5.41) is 11.9. The number of carbonyl (C=O) groups is 1. The van der Waals surface area contributed by atoms with Gasteiger partial charge in [0, 0.05) is 18.2 Å². The second-order valence-electron chi connectivity index (χ2n) is 4.38. The number of hydrogen-bond acceptors (Lipinski definition) is 4. The fourth-order valence-corrected chi connectivity index (χ4v) is 1.44. The van der Waals surface area contributed by atoms with Gasteiger partial charge in [0.15, 0.2) is 0 Å². The van der Waals surface area contributed by atoms with Gasteiger partial charge in [-0.3, -0.25) is 9.78 Å². The number of amides is 1. The number of aliphatic hydroxyl groups excluding tert-OH is 1. The predicted octanol–water partition coefficient (Wildman–Crippen LogP) is 0.287. The van der Waals surface area contributed by atoms with Gasteiger partial charge in [0.1, 0.15) is 5.69 Å². The first-order valence-electron chi connectivity index (χ1n) is 5.33. The lowest BCUT2D eigenvalue weighted by Gasteiger charge is -2.12. The van der Waals surface area contributed by atoms with Gasteiger partial charge in [-0.1, -0.05) is 0 Å². The average molecular weight is 221 g/mol. The van der Waals surface area contributed by atoms with E-state index >= 15 is 0 Å². The molecule has 0 saturated heterocycles. The molecule has 1 aliphatic rings. The quantitative estimate of drug-likeness (QED) is 0.766. The molecular formula is C11H15N3O2. The number of aryl methyl sites for hydroxylation is 1. The molecule has 2 rings (SSSR count). The van der Waals surface area contributed by atoms with Crippen LogP contribution in [-0.2, 0) is 0 Å². The zero-order chi connectivity index (χ0) is 11.6. The number of carbonyl (C=O) groups excluding carboxylic acids is 1. The molecule has 16 heavy (non-hydrogen) atoms. The summed E-state index contributed by atoms with van der Waals surface area (Å²) in [4.78, 5) is 19.6. The van der Waals surface area contributed by atoms with Crippen molar-refractivity contribution in [1.29, 1.82) is 0 Å². The van der Waals surface area contributed by atoms with Crippen LogP contribution in [0.2, 0.25) is 0 Å². The molecule has 0 unspecified atom stereocenters. The van der Waals surface area contributed by atoms with Crippen LogP contribution in [0.5, 0.6) is 0 Å². The second-order valence-corrected chi connectivity index (χ2v) is 4.38. The number of aliphatic hydroxyl groups is 1. The summed E-state index contributed by atoms with van der Waals surface area (Å²) in [6, 6.07) is 0. The van der Waals surface area contributed by atoms with E-state index in [1.807, 2.05) is 6.92 Å². The van der Waals surface area contributed by atoms with E-state index in [1.54, 1.807) is 6.20 Å². The van der Waals surface area contributed by atoms with Crippen LogP contribution in [0.25, 0.3) is 0 Å². The van der Waals surface area contributed by atoms with Crippen LogP contribution in [0.4, 0.5) is 0 Å². The minimum Gasteiger partial charge on any atom is -0.396 e. The second kappa shape index (κ2) is 4.17. The van der Waals surface area contributed by atoms with Crippen LogP contribution in [0.1, 0.15) is 29.0 Å². The third-order valence-electron chi connectivity index (χ3n) is 2.93. The highest BCUT2D eigenvalue weighted by atomic mass is 16.3. The largest absolute Gasteiger partial charge is 0.396 e. The van der Waals surface area contributed by atoms with E-state index in [1.165, 1.54) is 6.20 Å². The molecule has 86 valence electrons. The highest BCUT2D eigenvalue weighted by Crippen LogP contribution is 2.44. The maximum Gasteiger partial charge on any atom is 0.271 e. The summed E-state index contributed by atoms with van der Waals surface area (Å²) in [5.74, 6) is -0.229. The monoisotopic (exact) mass is 221 g/mol. The summed E-state index contributed by atoms with van der Waals surface area (Å²) < 4.78 is 0. The molecule has 1 aromatic heterocycles. The Kier molecular flexibility index (Phi) is 2.87. The molecule has 1 aromatic rings. The van der Waals surface area contributed by atoms with Crippen molar-refractivity contribution in [3.05, 3.63) is 23.8 Å². The summed E-state index contributed by atoms with van der Waals surface area (Å²) in [6.07, 6.45) is 4.98. The fraction of sp³-hybridized carbons (Fsp3) is 0.545. The van der Waals surface area contributed by atoms with E-state index in [0.717, 1.165) is 18.5 Å². The first kappa shape index (κ1) is 11.0. The van der Waals surface area contributed by atoms with Gasteiger partial charge in [-0.2, -0.15) is 0 Å². The first-order valence-corrected chi connectivity index (χ1v) is 5.33. The molecule has 1 fully saturated rings. The van der Waals surface area contributed by atoms with Crippen molar-refractivity contribution >= 4 is 5.91 Å². The number of hydrogen-bond donors (Lipinski definition) is 2. The Morgan fingerprint density at radius 3 is 2.75 bits per heavy atom. The van der Waals surface area contributed by atoms with E-state index in [0.29, 0.717) is 12.2 Å². The number of rotatable bonds is 4. The van der Waals surface area contributed by atoms with Gasteiger partial charge in [-0.15, -0.1) is 0 Å². The van der Waals surface area contributed by atoms with Gasteiger partial charge in [0.2, 0.25) is 0 Å². The van der Waals surface area contributed by atoms with Crippen LogP contribution >= 0.6 is 0 Å². The van der Waals surface area contributed by atoms with Crippen molar-refractivity contribution in [2.75, 3.05) is 13.2 Å². The van der Waals surface area contributed by atoms with E-state index in [9.17, 15) is 4.79 Å². The highest BCUT2D eigenvalue weighted by molar-refractivity contribution is 5.91. The molecule has 0 atom stereocenters. The summed E-state index contributed by atoms with van der Waals surface area (Å²) in [6.45, 7) is 2.46. The molecule has 5 nitrogen and oxygen atoms in total. The van der Waals surface area contributed by atoms with Crippen molar-refractivity contribution in [3.63, 3.8) is 0 Å². The summed E-state index contributed by atoms with van der Waals surface area (Å²) >= 11 is 0. The fourth-order valence-electron chi connectivity index (χ4n) is 1.44. The average Bonchev–Trinajstić information content (AvgIpc) is 3.08. The van der Waals surface area contributed by atoms with Gasteiger partial charge in [-0.25, -0.2) is 4.98 Å². The van der Waals surface area contributed by atoms with E-state index in [4.69, 9.17) is 5.11 Å². The van der Waals surface area contributed by atoms with E-state index in [-0.39, 0.29) is 17.9 Å². The molecule has 0 radical (unpaired) electrons. The van der Waals surface area contributed by atoms with Crippen LogP contribution in [-0.4, -0.2) is 34.1 Å². The summed E-state index contributed by atoms with van der Waals surface area (Å²) in [5.41, 5.74) is 1.03. The SMILES string of the molecule is Cc1cnc(C(=O)NCC2(CO)CC2)cn1. The molecule has 2 N–H and O–H groups in total. The van der Waals surface area contributed by atoms with Crippen molar-refractivity contribution in [2.24, 2.45) is 5.41 Å². The van der Waals surface area contributed by atoms with Gasteiger partial charge in [-0.05, 0) is 19.8 Å². The van der Waals surface area contributed by atoms with Crippen LogP contribution < -0.4 is 5.32 Å². The zero-order valence-electron chi connectivity index (χ0n) is 9.23. The molecule has 5 heteroatoms. The molecule has 1 saturated carbocycles. The third-order valence-corrected chi connectivity index (χ3v) is 2.93. The molecular weight excluding hydrogens is 206 g/mol. The smallest absolute Gasteiger partial charge is 0.271 e. The third kappa shape index (κ3) is 2.36. The Hall–Kier alpha value is -1.49. The number of nitrogens with one attached hydrogen (secondary N) is 1. The summed E-state index contributed by atoms with van der Waals surface area (Å²) in [7, 11) is 0. The zero-order valence-corrected chi connectivity index (χ0v) is 9.23. The lowest BCUT2D eigenvalue weighted by atomic mass is 10.1. The lowest BCUT2D eigenvalue weighted by molar-refractivity contribution is 0.0930. The van der Waals surface area contributed by atoms with Crippen LogP contribution in [0, 0.1) is 12.3 Å². The molecule has 0 aliphatic heterocycles. The topological polar surface area (TPSA) is 75.1 Å². The Labute approximate surface area is 93.9 Å². The standard InChI is InChI=1S/C11H15N3O2/c1-8-4-13-9(5-12-8)10(16)14-6-11(7-15)2-3-11/h4-5,15H,2-3,6-7H2,1H3,(H,14,16). The number of aromatic nitrogens is 2. The predicted molar refractivity (Wildman–Crippen MR) is 57.9 cm³/mol. The van der Waals surface area contributed by atoms with Gasteiger partial charge < -0.3 is 10.4 Å². The maximum atomic E-state index is 11.7. The van der Waals surface area contributed by atoms with Crippen LogP contribution in [0.15, 0.2) is 12.4 Å². The van der Waals surface area contributed by atoms with Crippen molar-refractivity contribution in [3.8, 4) is 0 Å². The minimum atomic E-state index is -0.229. The van der Waals surface area contributed by atoms with Crippen molar-refractivity contribution in [1.82, 2.24) is 15.3 Å². The molecule has 1 heterocycles. The van der Waals surface area contributed by atoms with Crippen LogP contribution in [0.3, 0.4) is 0 Å². The highest BCUT2D eigenvalue weighted by Gasteiger charge is 2.42. The van der Waals surface area contributed by atoms with Crippen molar-refractivity contribution in [2.45, 2.75) is 19.8 Å². The van der Waals surface area contributed by atoms with E-state index in [2.05, 4.69) is 15.3 Å². The van der Waals surface area contributed by atoms with Gasteiger partial charge in [0.25, 0.3) is 5.91 Å². The normalized spacial score (nSPS) is 16.9. The Balaban J connectivity index is 1.91. The minimum absolute atomic E-state index is 0.0756. The lowest BCUT2D eigenvalue weighted by Crippen LogP contribution is -2.32. The van der Waals surface area contributed by atoms with Crippen molar-refractivity contribution < 1.29 is 9.90 Å². The Morgan fingerprint density at radius 2 is 2.25 bits per heavy atom. The van der Waals surface area contributed by atoms with Gasteiger partial charge in [0.05, 0.1) is 18.5 Å². The maximum absolute atomic E-state index is 11.7. The molecule has 0 aromatic carbocycles. The molecule has 0 spiro atoms. The first-order chi connectivity index (χ1) is 7.65. The van der Waals surface area contributed by atoms with Gasteiger partial charge >= 0.3 is 0 Å². The number of nitrogens with zero attached hydrogens (tertiary/aromatic N) is 2. The molecule has 0 bridgehead atoms. The molecule has 1 aliphatic carbocycles. The van der Waals surface area contributed by atoms with E-state index < -0.39 is 0 Å². The molecule has 1 amide bonds. The Bertz CT molecular complexity index is 385.